The maximum Gasteiger partial charge on any atom is 0.190 e. The average molecular weight is 265 g/mol. The Bertz CT molecular complexity index is 416. The smallest absolute Gasteiger partial charge is 0.190 e. The molecule has 0 heterocycles. The lowest BCUT2D eigenvalue weighted by Gasteiger charge is -2.12. The molecule has 0 aliphatic carbocycles. The molecule has 0 aliphatic rings. The molecular weight excluding hydrogens is 241 g/mol. The van der Waals surface area contributed by atoms with Crippen molar-refractivity contribution in [1.82, 2.24) is 10.6 Å². The fraction of sp³-hybridized carbons (Fsp3) is 0.533. The minimum Gasteiger partial charge on any atom is -0.356 e. The number of unbranched alkanes of at least 4 members (excludes halogenated alkanes) is 1. The number of hydrogen-bond acceptors (Lipinski definition) is 1. The molecule has 4 heteroatoms. The summed E-state index contributed by atoms with van der Waals surface area (Å²) in [6.07, 6.45) is 3.16. The highest BCUT2D eigenvalue weighted by Gasteiger charge is 2.01. The second-order valence-corrected chi connectivity index (χ2v) is 4.60. The molecule has 0 saturated carbocycles. The van der Waals surface area contributed by atoms with Crippen LogP contribution in [0, 0.1) is 12.7 Å². The molecular formula is C15H24FN3. The lowest BCUT2D eigenvalue weighted by Crippen LogP contribution is -2.38. The zero-order valence-corrected chi connectivity index (χ0v) is 12.1. The van der Waals surface area contributed by atoms with Crippen molar-refractivity contribution in [3.05, 3.63) is 35.1 Å². The van der Waals surface area contributed by atoms with Crippen LogP contribution < -0.4 is 10.6 Å². The fourth-order valence-corrected chi connectivity index (χ4v) is 1.86. The Balaban J connectivity index is 2.36. The summed E-state index contributed by atoms with van der Waals surface area (Å²) < 4.78 is 13.0. The molecule has 0 saturated heterocycles. The number of aliphatic imine (C=N–C) groups is 1. The van der Waals surface area contributed by atoms with Gasteiger partial charge in [0, 0.05) is 20.1 Å². The van der Waals surface area contributed by atoms with E-state index in [2.05, 4.69) is 22.5 Å². The van der Waals surface area contributed by atoms with Crippen molar-refractivity contribution in [2.45, 2.75) is 33.1 Å². The van der Waals surface area contributed by atoms with E-state index in [1.807, 2.05) is 13.0 Å². The van der Waals surface area contributed by atoms with Gasteiger partial charge in [0.25, 0.3) is 0 Å². The number of nitrogens with one attached hydrogen (secondary N) is 2. The van der Waals surface area contributed by atoms with E-state index in [0.29, 0.717) is 0 Å². The fourth-order valence-electron chi connectivity index (χ4n) is 1.86. The van der Waals surface area contributed by atoms with Crippen LogP contribution in [-0.4, -0.2) is 26.1 Å². The topological polar surface area (TPSA) is 36.4 Å². The maximum absolute atomic E-state index is 13.0. The summed E-state index contributed by atoms with van der Waals surface area (Å²) in [6, 6.07) is 4.93. The number of rotatable bonds is 6. The van der Waals surface area contributed by atoms with E-state index in [-0.39, 0.29) is 5.82 Å². The molecule has 3 nitrogen and oxygen atoms in total. The third-order valence-electron chi connectivity index (χ3n) is 3.04. The lowest BCUT2D eigenvalue weighted by molar-refractivity contribution is 0.625. The van der Waals surface area contributed by atoms with E-state index in [4.69, 9.17) is 0 Å². The molecule has 2 N–H and O–H groups in total. The summed E-state index contributed by atoms with van der Waals surface area (Å²) in [5.74, 6) is 0.652. The van der Waals surface area contributed by atoms with Crippen LogP contribution >= 0.6 is 0 Å². The minimum atomic E-state index is -0.175. The van der Waals surface area contributed by atoms with Crippen molar-refractivity contribution >= 4 is 5.96 Å². The summed E-state index contributed by atoms with van der Waals surface area (Å²) in [7, 11) is 1.77. The van der Waals surface area contributed by atoms with Gasteiger partial charge >= 0.3 is 0 Å². The van der Waals surface area contributed by atoms with E-state index >= 15 is 0 Å². The van der Waals surface area contributed by atoms with Gasteiger partial charge in [0.1, 0.15) is 5.82 Å². The van der Waals surface area contributed by atoms with Crippen LogP contribution in [0.4, 0.5) is 4.39 Å². The van der Waals surface area contributed by atoms with Crippen LogP contribution in [0.5, 0.6) is 0 Å². The van der Waals surface area contributed by atoms with Crippen LogP contribution in [0.2, 0.25) is 0 Å². The average Bonchev–Trinajstić information content (AvgIpc) is 2.39. The largest absolute Gasteiger partial charge is 0.356 e. The SMILES string of the molecule is CCCCNC(=NC)NCCc1ccc(F)cc1C. The first-order valence-corrected chi connectivity index (χ1v) is 6.87. The Labute approximate surface area is 115 Å². The third-order valence-corrected chi connectivity index (χ3v) is 3.04. The molecule has 0 spiro atoms. The highest BCUT2D eigenvalue weighted by atomic mass is 19.1. The molecule has 19 heavy (non-hydrogen) atoms. The second-order valence-electron chi connectivity index (χ2n) is 4.60. The molecule has 1 aromatic carbocycles. The van der Waals surface area contributed by atoms with Crippen LogP contribution in [-0.2, 0) is 6.42 Å². The van der Waals surface area contributed by atoms with Crippen molar-refractivity contribution in [1.29, 1.82) is 0 Å². The van der Waals surface area contributed by atoms with E-state index in [1.165, 1.54) is 12.5 Å². The monoisotopic (exact) mass is 265 g/mol. The number of halogens is 1. The molecule has 0 aliphatic heterocycles. The molecule has 0 radical (unpaired) electrons. The molecule has 0 amide bonds. The molecule has 0 unspecified atom stereocenters. The predicted molar refractivity (Wildman–Crippen MR) is 79.1 cm³/mol. The van der Waals surface area contributed by atoms with Gasteiger partial charge in [-0.1, -0.05) is 19.4 Å². The van der Waals surface area contributed by atoms with Crippen LogP contribution in [0.25, 0.3) is 0 Å². The normalized spacial score (nSPS) is 11.5. The first-order valence-electron chi connectivity index (χ1n) is 6.87. The summed E-state index contributed by atoms with van der Waals surface area (Å²) >= 11 is 0. The van der Waals surface area contributed by atoms with Gasteiger partial charge in [0.05, 0.1) is 0 Å². The van der Waals surface area contributed by atoms with Crippen molar-refractivity contribution in [3.63, 3.8) is 0 Å². The van der Waals surface area contributed by atoms with E-state index < -0.39 is 0 Å². The first-order chi connectivity index (χ1) is 9.17. The van der Waals surface area contributed by atoms with Crippen LogP contribution in [0.1, 0.15) is 30.9 Å². The Morgan fingerprint density at radius 3 is 2.63 bits per heavy atom. The Morgan fingerprint density at radius 2 is 2.00 bits per heavy atom. The summed E-state index contributed by atoms with van der Waals surface area (Å²) in [6.45, 7) is 5.83. The van der Waals surface area contributed by atoms with Crippen molar-refractivity contribution in [2.24, 2.45) is 4.99 Å². The Kier molecular flexibility index (Phi) is 6.93. The van der Waals surface area contributed by atoms with E-state index in [9.17, 15) is 4.39 Å². The molecule has 106 valence electrons. The number of guanidine groups is 1. The van der Waals surface area contributed by atoms with Crippen LogP contribution in [0.3, 0.4) is 0 Å². The highest BCUT2D eigenvalue weighted by molar-refractivity contribution is 5.79. The summed E-state index contributed by atoms with van der Waals surface area (Å²) in [5.41, 5.74) is 2.16. The Hall–Kier alpha value is -1.58. The van der Waals surface area contributed by atoms with E-state index in [0.717, 1.165) is 43.0 Å². The molecule has 0 fully saturated rings. The standard InChI is InChI=1S/C15H24FN3/c1-4-5-9-18-15(17-3)19-10-8-13-6-7-14(16)11-12(13)2/h6-7,11H,4-5,8-10H2,1-3H3,(H2,17,18,19). The van der Waals surface area contributed by atoms with E-state index in [1.54, 1.807) is 13.1 Å². The quantitative estimate of drug-likeness (QED) is 0.471. The second kappa shape index (κ2) is 8.51. The van der Waals surface area contributed by atoms with Gasteiger partial charge < -0.3 is 10.6 Å². The molecule has 0 atom stereocenters. The number of nitrogens with zero attached hydrogens (tertiary/aromatic N) is 1. The van der Waals surface area contributed by atoms with Gasteiger partial charge in [-0.2, -0.15) is 0 Å². The van der Waals surface area contributed by atoms with Gasteiger partial charge in [-0.05, 0) is 43.0 Å². The molecule has 0 aromatic heterocycles. The lowest BCUT2D eigenvalue weighted by atomic mass is 10.1. The Morgan fingerprint density at radius 1 is 1.26 bits per heavy atom. The maximum atomic E-state index is 13.0. The zero-order valence-electron chi connectivity index (χ0n) is 12.1. The molecule has 1 aromatic rings. The molecule has 0 bridgehead atoms. The highest BCUT2D eigenvalue weighted by Crippen LogP contribution is 2.10. The van der Waals surface area contributed by atoms with Crippen molar-refractivity contribution < 1.29 is 4.39 Å². The van der Waals surface area contributed by atoms with Gasteiger partial charge in [0.15, 0.2) is 5.96 Å². The summed E-state index contributed by atoms with van der Waals surface area (Å²) in [4.78, 5) is 4.16. The van der Waals surface area contributed by atoms with Gasteiger partial charge in [-0.25, -0.2) is 4.39 Å². The number of benzene rings is 1. The summed E-state index contributed by atoms with van der Waals surface area (Å²) in [5, 5.41) is 6.52. The predicted octanol–water partition coefficient (Wildman–Crippen LogP) is 2.64. The van der Waals surface area contributed by atoms with Crippen LogP contribution in [0.15, 0.2) is 23.2 Å². The zero-order chi connectivity index (χ0) is 14.1. The van der Waals surface area contributed by atoms with Gasteiger partial charge in [-0.15, -0.1) is 0 Å². The minimum absolute atomic E-state index is 0.175. The van der Waals surface area contributed by atoms with Gasteiger partial charge in [0.2, 0.25) is 0 Å². The first kappa shape index (κ1) is 15.5. The number of aryl methyl sites for hydroxylation is 1. The van der Waals surface area contributed by atoms with Gasteiger partial charge in [-0.3, -0.25) is 4.99 Å². The molecule has 1 rings (SSSR count). The van der Waals surface area contributed by atoms with Crippen molar-refractivity contribution in [2.75, 3.05) is 20.1 Å². The number of hydrogen-bond donors (Lipinski definition) is 2. The van der Waals surface area contributed by atoms with Crippen molar-refractivity contribution in [3.8, 4) is 0 Å². The third kappa shape index (κ3) is 5.73.